The lowest BCUT2D eigenvalue weighted by Gasteiger charge is -2.32. The van der Waals surface area contributed by atoms with Gasteiger partial charge in [-0.15, -0.1) is 0 Å². The van der Waals surface area contributed by atoms with Crippen molar-refractivity contribution in [2.24, 2.45) is 11.7 Å². The van der Waals surface area contributed by atoms with Gasteiger partial charge in [-0.05, 0) is 85.3 Å². The van der Waals surface area contributed by atoms with Crippen molar-refractivity contribution in [2.45, 2.75) is 32.4 Å². The molecule has 0 saturated heterocycles. The van der Waals surface area contributed by atoms with Crippen molar-refractivity contribution in [3.63, 3.8) is 0 Å². The van der Waals surface area contributed by atoms with Crippen LogP contribution in [0.5, 0.6) is 11.5 Å². The first-order valence-corrected chi connectivity index (χ1v) is 12.9. The Labute approximate surface area is 225 Å². The number of benzene rings is 3. The molecule has 3 aromatic rings. The van der Waals surface area contributed by atoms with Crippen molar-refractivity contribution in [2.75, 3.05) is 31.2 Å². The molecule has 1 aliphatic rings. The number of ether oxygens (including phenoxy) is 2. The van der Waals surface area contributed by atoms with Crippen LogP contribution < -0.4 is 20.1 Å². The molecule has 0 fully saturated rings. The molecule has 2 N–H and O–H groups in total. The molecule has 1 atom stereocenters. The van der Waals surface area contributed by atoms with Gasteiger partial charge in [-0.2, -0.15) is 13.2 Å². The molecule has 3 aromatic carbocycles. The first-order valence-electron chi connectivity index (χ1n) is 12.5. The molecule has 1 aliphatic heterocycles. The van der Waals surface area contributed by atoms with Crippen LogP contribution in [0, 0.1) is 12.8 Å². The molecule has 1 unspecified atom stereocenters. The normalized spacial score (nSPS) is 14.1. The molecule has 0 bridgehead atoms. The number of halogens is 4. The standard InChI is InChI=1S/C29H30ClF3N2O3/c1-19-4-11-27(25(30)15-19)38-14-13-37-24-8-5-20(6-9-24)16-22(18-34)28(36)35-12-2-3-21-17-23(29(31,32)33)7-10-26(21)35/h4-11,15,17,22H,2-3,12-14,16,18,34H2,1H3. The number of aryl methyl sites for hydroxylation is 2. The Balaban J connectivity index is 1.33. The number of hydrogen-bond donors (Lipinski definition) is 1. The summed E-state index contributed by atoms with van der Waals surface area (Å²) in [6.07, 6.45) is -2.90. The lowest BCUT2D eigenvalue weighted by Crippen LogP contribution is -2.42. The fourth-order valence-corrected chi connectivity index (χ4v) is 4.82. The molecule has 202 valence electrons. The summed E-state index contributed by atoms with van der Waals surface area (Å²) >= 11 is 6.17. The molecule has 0 radical (unpaired) electrons. The number of alkyl halides is 3. The first kappa shape index (κ1) is 27.8. The Morgan fingerprint density at radius 2 is 1.79 bits per heavy atom. The van der Waals surface area contributed by atoms with Crippen LogP contribution in [0.2, 0.25) is 5.02 Å². The van der Waals surface area contributed by atoms with Crippen molar-refractivity contribution in [1.29, 1.82) is 0 Å². The van der Waals surface area contributed by atoms with Gasteiger partial charge in [0, 0.05) is 18.8 Å². The predicted molar refractivity (Wildman–Crippen MR) is 142 cm³/mol. The zero-order valence-electron chi connectivity index (χ0n) is 21.1. The van der Waals surface area contributed by atoms with Gasteiger partial charge in [-0.25, -0.2) is 0 Å². The van der Waals surface area contributed by atoms with Gasteiger partial charge in [0.1, 0.15) is 24.7 Å². The summed E-state index contributed by atoms with van der Waals surface area (Å²) in [5, 5.41) is 0.553. The van der Waals surface area contributed by atoms with Crippen LogP contribution in [0.4, 0.5) is 18.9 Å². The summed E-state index contributed by atoms with van der Waals surface area (Å²) in [6, 6.07) is 16.5. The van der Waals surface area contributed by atoms with Crippen LogP contribution in [-0.2, 0) is 23.8 Å². The van der Waals surface area contributed by atoms with E-state index in [1.807, 2.05) is 49.4 Å². The molecule has 0 aromatic heterocycles. The molecule has 1 heterocycles. The topological polar surface area (TPSA) is 64.8 Å². The van der Waals surface area contributed by atoms with Crippen molar-refractivity contribution in [3.05, 3.63) is 87.9 Å². The predicted octanol–water partition coefficient (Wildman–Crippen LogP) is 6.22. The Kier molecular flexibility index (Phi) is 8.84. The average molecular weight is 547 g/mol. The van der Waals surface area contributed by atoms with E-state index in [9.17, 15) is 18.0 Å². The average Bonchev–Trinajstić information content (AvgIpc) is 2.90. The maximum atomic E-state index is 13.4. The highest BCUT2D eigenvalue weighted by Gasteiger charge is 2.33. The minimum atomic E-state index is -4.42. The SMILES string of the molecule is Cc1ccc(OCCOc2ccc(CC(CN)C(=O)N3CCCc4cc(C(F)(F)F)ccc43)cc2)c(Cl)c1. The van der Waals surface area contributed by atoms with E-state index in [1.54, 1.807) is 4.90 Å². The van der Waals surface area contributed by atoms with Gasteiger partial charge in [0.25, 0.3) is 0 Å². The van der Waals surface area contributed by atoms with E-state index in [-0.39, 0.29) is 12.5 Å². The van der Waals surface area contributed by atoms with Gasteiger partial charge < -0.3 is 20.1 Å². The van der Waals surface area contributed by atoms with E-state index in [0.29, 0.717) is 66.8 Å². The Morgan fingerprint density at radius 1 is 1.05 bits per heavy atom. The van der Waals surface area contributed by atoms with Crippen molar-refractivity contribution in [3.8, 4) is 11.5 Å². The number of amides is 1. The summed E-state index contributed by atoms with van der Waals surface area (Å²) in [6.45, 7) is 3.20. The minimum Gasteiger partial charge on any atom is -0.490 e. The number of carbonyl (C=O) groups excluding carboxylic acids is 1. The smallest absolute Gasteiger partial charge is 0.416 e. The van der Waals surface area contributed by atoms with Gasteiger partial charge in [-0.3, -0.25) is 4.79 Å². The second-order valence-corrected chi connectivity index (χ2v) is 9.75. The summed E-state index contributed by atoms with van der Waals surface area (Å²) in [7, 11) is 0. The van der Waals surface area contributed by atoms with Gasteiger partial charge >= 0.3 is 6.18 Å². The highest BCUT2D eigenvalue weighted by Crippen LogP contribution is 2.36. The van der Waals surface area contributed by atoms with Gasteiger partial charge in [0.15, 0.2) is 0 Å². The molecule has 9 heteroatoms. The molecule has 38 heavy (non-hydrogen) atoms. The molecular formula is C29H30ClF3N2O3. The Bertz CT molecular complexity index is 1260. The highest BCUT2D eigenvalue weighted by atomic mass is 35.5. The molecule has 4 rings (SSSR count). The molecule has 0 saturated carbocycles. The van der Waals surface area contributed by atoms with Gasteiger partial charge in [0.2, 0.25) is 5.91 Å². The number of nitrogens with zero attached hydrogens (tertiary/aromatic N) is 1. The van der Waals surface area contributed by atoms with Crippen LogP contribution in [0.25, 0.3) is 0 Å². The third kappa shape index (κ3) is 6.79. The minimum absolute atomic E-state index is 0.127. The molecular weight excluding hydrogens is 517 g/mol. The highest BCUT2D eigenvalue weighted by molar-refractivity contribution is 6.32. The largest absolute Gasteiger partial charge is 0.490 e. The lowest BCUT2D eigenvalue weighted by molar-refractivity contribution is -0.137. The van der Waals surface area contributed by atoms with E-state index in [2.05, 4.69) is 0 Å². The summed E-state index contributed by atoms with van der Waals surface area (Å²) in [4.78, 5) is 14.9. The second-order valence-electron chi connectivity index (χ2n) is 9.35. The zero-order chi connectivity index (χ0) is 27.3. The fourth-order valence-electron chi connectivity index (χ4n) is 4.53. The number of anilines is 1. The van der Waals surface area contributed by atoms with Crippen LogP contribution in [0.15, 0.2) is 60.7 Å². The van der Waals surface area contributed by atoms with E-state index in [1.165, 1.54) is 6.07 Å². The van der Waals surface area contributed by atoms with Crippen LogP contribution in [0.3, 0.4) is 0 Å². The molecule has 0 spiro atoms. The first-order chi connectivity index (χ1) is 18.2. The van der Waals surface area contributed by atoms with E-state index in [4.69, 9.17) is 26.8 Å². The summed E-state index contributed by atoms with van der Waals surface area (Å²) in [5.74, 6) is 0.586. The quantitative estimate of drug-likeness (QED) is 0.324. The summed E-state index contributed by atoms with van der Waals surface area (Å²) in [5.41, 5.74) is 8.29. The van der Waals surface area contributed by atoms with Gasteiger partial charge in [0.05, 0.1) is 16.5 Å². The van der Waals surface area contributed by atoms with E-state index >= 15 is 0 Å². The monoisotopic (exact) mass is 546 g/mol. The van der Waals surface area contributed by atoms with Gasteiger partial charge in [-0.1, -0.05) is 29.8 Å². The molecule has 5 nitrogen and oxygen atoms in total. The number of nitrogens with two attached hydrogens (primary N) is 1. The third-order valence-electron chi connectivity index (χ3n) is 6.53. The number of fused-ring (bicyclic) bond motifs is 1. The van der Waals surface area contributed by atoms with Crippen LogP contribution in [0.1, 0.15) is 28.7 Å². The number of hydrogen-bond acceptors (Lipinski definition) is 4. The second kappa shape index (κ2) is 12.1. The number of carbonyl (C=O) groups is 1. The summed E-state index contributed by atoms with van der Waals surface area (Å²) < 4.78 is 50.8. The number of rotatable bonds is 9. The van der Waals surface area contributed by atoms with Crippen molar-refractivity contribution >= 4 is 23.2 Å². The Morgan fingerprint density at radius 3 is 2.47 bits per heavy atom. The zero-order valence-corrected chi connectivity index (χ0v) is 21.8. The maximum absolute atomic E-state index is 13.4. The van der Waals surface area contributed by atoms with Crippen LogP contribution in [-0.4, -0.2) is 32.2 Å². The van der Waals surface area contributed by atoms with Crippen molar-refractivity contribution < 1.29 is 27.4 Å². The maximum Gasteiger partial charge on any atom is 0.416 e. The molecule has 0 aliphatic carbocycles. The lowest BCUT2D eigenvalue weighted by atomic mass is 9.94. The fraction of sp³-hybridized carbons (Fsp3) is 0.345. The molecule has 1 amide bonds. The van der Waals surface area contributed by atoms with E-state index in [0.717, 1.165) is 23.3 Å². The van der Waals surface area contributed by atoms with Crippen LogP contribution >= 0.6 is 11.6 Å². The van der Waals surface area contributed by atoms with Crippen molar-refractivity contribution in [1.82, 2.24) is 0 Å². The van der Waals surface area contributed by atoms with E-state index < -0.39 is 17.7 Å². The third-order valence-corrected chi connectivity index (χ3v) is 6.82. The Hall–Kier alpha value is -3.23.